The van der Waals surface area contributed by atoms with E-state index in [9.17, 15) is 19.5 Å². The number of nitrogens with zero attached hydrogens (tertiary/aromatic N) is 3. The van der Waals surface area contributed by atoms with Gasteiger partial charge in [-0.1, -0.05) is 6.07 Å². The van der Waals surface area contributed by atoms with Crippen LogP contribution in [0.5, 0.6) is 0 Å². The zero-order valence-electron chi connectivity index (χ0n) is 20.2. The van der Waals surface area contributed by atoms with Crippen LogP contribution in [-0.2, 0) is 19.1 Å². The fourth-order valence-corrected chi connectivity index (χ4v) is 4.83. The van der Waals surface area contributed by atoms with E-state index in [1.54, 1.807) is 38.4 Å². The number of hydrogen-bond acceptors (Lipinski definition) is 8. The van der Waals surface area contributed by atoms with E-state index in [0.29, 0.717) is 48.6 Å². The first-order valence-electron chi connectivity index (χ1n) is 11.6. The lowest BCUT2D eigenvalue weighted by Gasteiger charge is -2.29. The van der Waals surface area contributed by atoms with Gasteiger partial charge in [0.1, 0.15) is 11.5 Å². The molecular formula is C25H30N4O6. The topological polar surface area (TPSA) is 125 Å². The summed E-state index contributed by atoms with van der Waals surface area (Å²) in [6.45, 7) is 7.49. The molecule has 4 heterocycles. The van der Waals surface area contributed by atoms with E-state index in [2.05, 4.69) is 14.9 Å². The molecule has 10 heteroatoms. The number of esters is 1. The van der Waals surface area contributed by atoms with Crippen molar-refractivity contribution in [1.82, 2.24) is 19.8 Å². The number of pyridine rings is 1. The summed E-state index contributed by atoms with van der Waals surface area (Å²) in [4.78, 5) is 49.4. The molecule has 0 radical (unpaired) electrons. The molecule has 0 aromatic carbocycles. The van der Waals surface area contributed by atoms with Crippen molar-refractivity contribution < 1.29 is 29.0 Å². The minimum absolute atomic E-state index is 0.0176. The number of aliphatic hydroxyl groups excluding tert-OH is 1. The highest BCUT2D eigenvalue weighted by molar-refractivity contribution is 6.46. The Morgan fingerprint density at radius 2 is 2.00 bits per heavy atom. The van der Waals surface area contributed by atoms with E-state index >= 15 is 0 Å². The molecule has 0 aliphatic carbocycles. The lowest BCUT2D eigenvalue weighted by Crippen LogP contribution is -2.39. The van der Waals surface area contributed by atoms with Crippen LogP contribution in [0.1, 0.15) is 45.3 Å². The van der Waals surface area contributed by atoms with Crippen LogP contribution in [0.15, 0.2) is 30.1 Å². The molecule has 2 fully saturated rings. The monoisotopic (exact) mass is 482 g/mol. The third kappa shape index (κ3) is 4.71. The van der Waals surface area contributed by atoms with Gasteiger partial charge >= 0.3 is 5.97 Å². The fourth-order valence-electron chi connectivity index (χ4n) is 4.83. The number of amides is 1. The van der Waals surface area contributed by atoms with Crippen molar-refractivity contribution in [2.75, 3.05) is 46.5 Å². The summed E-state index contributed by atoms with van der Waals surface area (Å²) in [5.41, 5.74) is 2.03. The summed E-state index contributed by atoms with van der Waals surface area (Å²) >= 11 is 0. The molecule has 0 bridgehead atoms. The van der Waals surface area contributed by atoms with E-state index in [4.69, 9.17) is 9.47 Å². The first-order chi connectivity index (χ1) is 16.8. The Kier molecular flexibility index (Phi) is 7.32. The van der Waals surface area contributed by atoms with Crippen LogP contribution in [0.25, 0.3) is 5.76 Å². The van der Waals surface area contributed by atoms with Crippen molar-refractivity contribution >= 4 is 23.4 Å². The Bertz CT molecular complexity index is 1150. The number of aryl methyl sites for hydroxylation is 1. The standard InChI is InChI=1S/C25H30N4O6/c1-15-18(16(2)27-20(15)25(33)34-3)22(30)19-21(17-6-4-7-26-14-17)29(24(32)23(19)31)9-5-8-28-10-12-35-13-11-28/h4,6-7,14,21,27,30H,5,8-13H2,1-3H3/t21-/m0/s1. The molecule has 2 aliphatic rings. The lowest BCUT2D eigenvalue weighted by molar-refractivity contribution is -0.140. The number of ketones is 1. The van der Waals surface area contributed by atoms with Crippen molar-refractivity contribution in [3.05, 3.63) is 58.2 Å². The van der Waals surface area contributed by atoms with Crippen LogP contribution >= 0.6 is 0 Å². The summed E-state index contributed by atoms with van der Waals surface area (Å²) in [7, 11) is 1.27. The third-order valence-corrected chi connectivity index (χ3v) is 6.58. The number of carbonyl (C=O) groups excluding carboxylic acids is 3. The molecule has 35 heavy (non-hydrogen) atoms. The average molecular weight is 483 g/mol. The van der Waals surface area contributed by atoms with E-state index < -0.39 is 23.7 Å². The molecule has 2 N–H and O–H groups in total. The average Bonchev–Trinajstić information content (AvgIpc) is 3.31. The Balaban J connectivity index is 1.72. The minimum Gasteiger partial charge on any atom is -0.507 e. The first-order valence-corrected chi connectivity index (χ1v) is 11.6. The van der Waals surface area contributed by atoms with Gasteiger partial charge in [-0.15, -0.1) is 0 Å². The van der Waals surface area contributed by atoms with Gasteiger partial charge < -0.3 is 24.5 Å². The highest BCUT2D eigenvalue weighted by Crippen LogP contribution is 2.40. The molecule has 2 aromatic rings. The van der Waals surface area contributed by atoms with Crippen LogP contribution in [0, 0.1) is 13.8 Å². The summed E-state index contributed by atoms with van der Waals surface area (Å²) in [5.74, 6) is -2.34. The zero-order chi connectivity index (χ0) is 25.1. The van der Waals surface area contributed by atoms with E-state index in [1.165, 1.54) is 12.0 Å². The van der Waals surface area contributed by atoms with E-state index in [0.717, 1.165) is 19.6 Å². The molecule has 0 unspecified atom stereocenters. The smallest absolute Gasteiger partial charge is 0.354 e. The lowest BCUT2D eigenvalue weighted by atomic mass is 9.95. The quantitative estimate of drug-likeness (QED) is 0.266. The summed E-state index contributed by atoms with van der Waals surface area (Å²) in [5, 5.41) is 11.4. The molecule has 0 spiro atoms. The molecular weight excluding hydrogens is 452 g/mol. The Labute approximate surface area is 203 Å². The number of aromatic amines is 1. The SMILES string of the molecule is COC(=O)c1[nH]c(C)c(C(O)=C2C(=O)C(=O)N(CCCN3CCOCC3)[C@H]2c2cccnc2)c1C. The van der Waals surface area contributed by atoms with Crippen LogP contribution < -0.4 is 0 Å². The molecule has 10 nitrogen and oxygen atoms in total. The van der Waals surface area contributed by atoms with Gasteiger partial charge in [-0.05, 0) is 37.5 Å². The first kappa shape index (κ1) is 24.6. The number of aliphatic hydroxyl groups is 1. The number of rotatable bonds is 7. The molecule has 2 aromatic heterocycles. The predicted octanol–water partition coefficient (Wildman–Crippen LogP) is 1.96. The number of H-pyrrole nitrogens is 1. The maximum atomic E-state index is 13.2. The molecule has 186 valence electrons. The zero-order valence-corrected chi connectivity index (χ0v) is 20.2. The van der Waals surface area contributed by atoms with Gasteiger partial charge in [-0.25, -0.2) is 4.79 Å². The molecule has 1 atom stereocenters. The molecule has 2 saturated heterocycles. The summed E-state index contributed by atoms with van der Waals surface area (Å²) in [6.07, 6.45) is 3.87. The van der Waals surface area contributed by atoms with Gasteiger partial charge in [0.05, 0.1) is 31.9 Å². The summed E-state index contributed by atoms with van der Waals surface area (Å²) < 4.78 is 10.2. The van der Waals surface area contributed by atoms with Crippen LogP contribution in [0.2, 0.25) is 0 Å². The normalized spacial score (nSPS) is 20.4. The molecule has 0 saturated carbocycles. The number of hydrogen-bond donors (Lipinski definition) is 2. The van der Waals surface area contributed by atoms with Crippen LogP contribution in [-0.4, -0.2) is 89.0 Å². The van der Waals surface area contributed by atoms with Gasteiger partial charge in [-0.3, -0.25) is 19.5 Å². The maximum absolute atomic E-state index is 13.2. The molecule has 4 rings (SSSR count). The second-order valence-electron chi connectivity index (χ2n) is 8.70. The van der Waals surface area contributed by atoms with Crippen LogP contribution in [0.4, 0.5) is 0 Å². The van der Waals surface area contributed by atoms with E-state index in [1.807, 2.05) is 0 Å². The number of methoxy groups -OCH3 is 1. The number of likely N-dealkylation sites (tertiary alicyclic amines) is 1. The Hall–Kier alpha value is -3.50. The molecule has 1 amide bonds. The molecule has 2 aliphatic heterocycles. The van der Waals surface area contributed by atoms with Gasteiger partial charge in [0.2, 0.25) is 0 Å². The maximum Gasteiger partial charge on any atom is 0.354 e. The van der Waals surface area contributed by atoms with Crippen molar-refractivity contribution in [1.29, 1.82) is 0 Å². The summed E-state index contributed by atoms with van der Waals surface area (Å²) in [6, 6.07) is 2.72. The second kappa shape index (κ2) is 10.4. The van der Waals surface area contributed by atoms with E-state index in [-0.39, 0.29) is 17.0 Å². The largest absolute Gasteiger partial charge is 0.507 e. The second-order valence-corrected chi connectivity index (χ2v) is 8.70. The number of carbonyl (C=O) groups is 3. The van der Waals surface area contributed by atoms with Gasteiger partial charge in [0.15, 0.2) is 0 Å². The highest BCUT2D eigenvalue weighted by Gasteiger charge is 2.46. The Morgan fingerprint density at radius 3 is 2.66 bits per heavy atom. The van der Waals surface area contributed by atoms with Crippen molar-refractivity contribution in [3.8, 4) is 0 Å². The predicted molar refractivity (Wildman–Crippen MR) is 127 cm³/mol. The number of nitrogens with one attached hydrogen (secondary N) is 1. The van der Waals surface area contributed by atoms with Gasteiger partial charge in [0.25, 0.3) is 11.7 Å². The van der Waals surface area contributed by atoms with Gasteiger partial charge in [-0.2, -0.15) is 0 Å². The number of aromatic nitrogens is 2. The van der Waals surface area contributed by atoms with Crippen molar-refractivity contribution in [2.24, 2.45) is 0 Å². The van der Waals surface area contributed by atoms with Crippen LogP contribution in [0.3, 0.4) is 0 Å². The Morgan fingerprint density at radius 1 is 1.26 bits per heavy atom. The minimum atomic E-state index is -0.788. The van der Waals surface area contributed by atoms with Crippen molar-refractivity contribution in [3.63, 3.8) is 0 Å². The van der Waals surface area contributed by atoms with Gasteiger partial charge in [0, 0.05) is 49.8 Å². The third-order valence-electron chi connectivity index (χ3n) is 6.58. The fraction of sp³-hybridized carbons (Fsp3) is 0.440. The highest BCUT2D eigenvalue weighted by atomic mass is 16.5. The van der Waals surface area contributed by atoms with Crippen molar-refractivity contribution in [2.45, 2.75) is 26.3 Å². The number of ether oxygens (including phenoxy) is 2. The number of Topliss-reactive ketones (excluding diaryl/α,β-unsaturated/α-hetero) is 1. The number of morpholine rings is 1.